The first-order chi connectivity index (χ1) is 10.2. The Morgan fingerprint density at radius 1 is 1.14 bits per heavy atom. The molecule has 0 bridgehead atoms. The molecule has 1 aromatic heterocycles. The van der Waals surface area contributed by atoms with Crippen LogP contribution in [-0.4, -0.2) is 29.1 Å². The predicted octanol–water partition coefficient (Wildman–Crippen LogP) is 3.58. The SMILES string of the molecule is Cc1ccc(-c2oncc2C(=O)N2CCCCC2)cc1C. The van der Waals surface area contributed by atoms with E-state index in [1.54, 1.807) is 6.20 Å². The van der Waals surface area contributed by atoms with Crippen LogP contribution < -0.4 is 0 Å². The second-order valence-electron chi connectivity index (χ2n) is 5.72. The minimum Gasteiger partial charge on any atom is -0.355 e. The van der Waals surface area contributed by atoms with Crippen molar-refractivity contribution in [2.75, 3.05) is 13.1 Å². The van der Waals surface area contributed by atoms with Crippen molar-refractivity contribution in [3.05, 3.63) is 41.1 Å². The number of rotatable bonds is 2. The van der Waals surface area contributed by atoms with Gasteiger partial charge in [-0.1, -0.05) is 17.3 Å². The fraction of sp³-hybridized carbons (Fsp3) is 0.412. The monoisotopic (exact) mass is 284 g/mol. The van der Waals surface area contributed by atoms with Gasteiger partial charge in [-0.25, -0.2) is 0 Å². The van der Waals surface area contributed by atoms with Gasteiger partial charge in [0.2, 0.25) is 0 Å². The topological polar surface area (TPSA) is 46.3 Å². The molecule has 1 amide bonds. The molecule has 1 aliphatic rings. The van der Waals surface area contributed by atoms with E-state index >= 15 is 0 Å². The lowest BCUT2D eigenvalue weighted by Gasteiger charge is -2.26. The van der Waals surface area contributed by atoms with Crippen LogP contribution in [0.15, 0.2) is 28.9 Å². The Morgan fingerprint density at radius 3 is 2.62 bits per heavy atom. The highest BCUT2D eigenvalue weighted by atomic mass is 16.5. The highest BCUT2D eigenvalue weighted by Crippen LogP contribution is 2.27. The summed E-state index contributed by atoms with van der Waals surface area (Å²) in [6.45, 7) is 5.79. The van der Waals surface area contributed by atoms with E-state index in [0.717, 1.165) is 31.5 Å². The quantitative estimate of drug-likeness (QED) is 0.846. The van der Waals surface area contributed by atoms with Gasteiger partial charge in [-0.3, -0.25) is 4.79 Å². The average molecular weight is 284 g/mol. The fourth-order valence-electron chi connectivity index (χ4n) is 2.75. The Morgan fingerprint density at radius 2 is 1.90 bits per heavy atom. The number of amides is 1. The molecule has 110 valence electrons. The molecule has 0 N–H and O–H groups in total. The van der Waals surface area contributed by atoms with Gasteiger partial charge in [-0.15, -0.1) is 0 Å². The molecule has 1 saturated heterocycles. The summed E-state index contributed by atoms with van der Waals surface area (Å²) >= 11 is 0. The first kappa shape index (κ1) is 13.9. The van der Waals surface area contributed by atoms with Gasteiger partial charge in [-0.05, 0) is 50.3 Å². The first-order valence-electron chi connectivity index (χ1n) is 7.48. The van der Waals surface area contributed by atoms with Crippen LogP contribution >= 0.6 is 0 Å². The van der Waals surface area contributed by atoms with E-state index in [4.69, 9.17) is 4.52 Å². The molecule has 3 rings (SSSR count). The molecule has 1 aromatic carbocycles. The van der Waals surface area contributed by atoms with Crippen LogP contribution in [0.2, 0.25) is 0 Å². The Kier molecular flexibility index (Phi) is 3.78. The maximum absolute atomic E-state index is 12.6. The summed E-state index contributed by atoms with van der Waals surface area (Å²) in [5, 5.41) is 3.84. The Labute approximate surface area is 124 Å². The van der Waals surface area contributed by atoms with Crippen LogP contribution in [0.25, 0.3) is 11.3 Å². The number of aromatic nitrogens is 1. The normalized spacial score (nSPS) is 15.2. The van der Waals surface area contributed by atoms with E-state index in [1.165, 1.54) is 17.5 Å². The molecule has 0 spiro atoms. The lowest BCUT2D eigenvalue weighted by Crippen LogP contribution is -2.35. The van der Waals surface area contributed by atoms with Gasteiger partial charge in [0.15, 0.2) is 5.76 Å². The van der Waals surface area contributed by atoms with Crippen molar-refractivity contribution >= 4 is 5.91 Å². The van der Waals surface area contributed by atoms with E-state index in [-0.39, 0.29) is 5.91 Å². The van der Waals surface area contributed by atoms with E-state index < -0.39 is 0 Å². The molecule has 4 heteroatoms. The van der Waals surface area contributed by atoms with Gasteiger partial charge >= 0.3 is 0 Å². The average Bonchev–Trinajstić information content (AvgIpc) is 2.99. The zero-order valence-electron chi connectivity index (χ0n) is 12.6. The molecule has 0 unspecified atom stereocenters. The fourth-order valence-corrected chi connectivity index (χ4v) is 2.75. The standard InChI is InChI=1S/C17H20N2O2/c1-12-6-7-14(10-13(12)2)16-15(11-18-21-16)17(20)19-8-4-3-5-9-19/h6-7,10-11H,3-5,8-9H2,1-2H3. The van der Waals surface area contributed by atoms with Gasteiger partial charge in [0.05, 0.1) is 6.20 Å². The molecule has 21 heavy (non-hydrogen) atoms. The number of likely N-dealkylation sites (tertiary alicyclic amines) is 1. The largest absolute Gasteiger partial charge is 0.355 e. The number of hydrogen-bond acceptors (Lipinski definition) is 3. The predicted molar refractivity (Wildman–Crippen MR) is 81.2 cm³/mol. The van der Waals surface area contributed by atoms with Crippen LogP contribution in [0.3, 0.4) is 0 Å². The molecule has 0 radical (unpaired) electrons. The van der Waals surface area contributed by atoms with Gasteiger partial charge < -0.3 is 9.42 Å². The molecular weight excluding hydrogens is 264 g/mol. The van der Waals surface area contributed by atoms with Crippen LogP contribution in [0.4, 0.5) is 0 Å². The summed E-state index contributed by atoms with van der Waals surface area (Å²) in [6.07, 6.45) is 4.91. The van der Waals surface area contributed by atoms with Crippen LogP contribution in [0.5, 0.6) is 0 Å². The number of benzene rings is 1. The third-order valence-corrected chi connectivity index (χ3v) is 4.21. The first-order valence-corrected chi connectivity index (χ1v) is 7.48. The molecule has 0 aliphatic carbocycles. The highest BCUT2D eigenvalue weighted by Gasteiger charge is 2.24. The molecule has 2 aromatic rings. The van der Waals surface area contributed by atoms with Crippen molar-refractivity contribution in [1.82, 2.24) is 10.1 Å². The van der Waals surface area contributed by atoms with Crippen LogP contribution in [0.1, 0.15) is 40.7 Å². The van der Waals surface area contributed by atoms with Crippen LogP contribution in [-0.2, 0) is 0 Å². The van der Waals surface area contributed by atoms with Crippen molar-refractivity contribution in [3.8, 4) is 11.3 Å². The number of piperidine rings is 1. The van der Waals surface area contributed by atoms with Gasteiger partial charge in [0.25, 0.3) is 5.91 Å². The Hall–Kier alpha value is -2.10. The minimum absolute atomic E-state index is 0.0316. The zero-order valence-corrected chi connectivity index (χ0v) is 12.6. The summed E-state index contributed by atoms with van der Waals surface area (Å²) in [5.74, 6) is 0.609. The van der Waals surface area contributed by atoms with E-state index in [9.17, 15) is 4.79 Å². The van der Waals surface area contributed by atoms with Gasteiger partial charge in [0.1, 0.15) is 5.56 Å². The summed E-state index contributed by atoms with van der Waals surface area (Å²) in [5.41, 5.74) is 3.89. The minimum atomic E-state index is 0.0316. The number of aryl methyl sites for hydroxylation is 2. The second kappa shape index (κ2) is 5.72. The maximum atomic E-state index is 12.6. The Bertz CT molecular complexity index is 655. The van der Waals surface area contributed by atoms with Crippen molar-refractivity contribution in [2.24, 2.45) is 0 Å². The number of hydrogen-bond donors (Lipinski definition) is 0. The summed E-state index contributed by atoms with van der Waals surface area (Å²) in [4.78, 5) is 14.5. The molecular formula is C17H20N2O2. The lowest BCUT2D eigenvalue weighted by molar-refractivity contribution is 0.0724. The molecule has 0 atom stereocenters. The molecule has 0 saturated carbocycles. The highest BCUT2D eigenvalue weighted by molar-refractivity contribution is 5.99. The third-order valence-electron chi connectivity index (χ3n) is 4.21. The van der Waals surface area contributed by atoms with Crippen molar-refractivity contribution in [2.45, 2.75) is 33.1 Å². The molecule has 4 nitrogen and oxygen atoms in total. The number of carbonyl (C=O) groups excluding carboxylic acids is 1. The maximum Gasteiger partial charge on any atom is 0.259 e. The Balaban J connectivity index is 1.92. The van der Waals surface area contributed by atoms with Gasteiger partial charge in [-0.2, -0.15) is 0 Å². The van der Waals surface area contributed by atoms with Crippen molar-refractivity contribution < 1.29 is 9.32 Å². The summed E-state index contributed by atoms with van der Waals surface area (Å²) in [6, 6.07) is 6.07. The summed E-state index contributed by atoms with van der Waals surface area (Å²) in [7, 11) is 0. The third kappa shape index (κ3) is 2.71. The second-order valence-corrected chi connectivity index (χ2v) is 5.72. The summed E-state index contributed by atoms with van der Waals surface area (Å²) < 4.78 is 5.36. The number of carbonyl (C=O) groups is 1. The van der Waals surface area contributed by atoms with E-state index in [1.807, 2.05) is 23.1 Å². The van der Waals surface area contributed by atoms with E-state index in [2.05, 4.69) is 19.0 Å². The van der Waals surface area contributed by atoms with E-state index in [0.29, 0.717) is 11.3 Å². The van der Waals surface area contributed by atoms with Gasteiger partial charge in [0, 0.05) is 18.7 Å². The molecule has 1 fully saturated rings. The smallest absolute Gasteiger partial charge is 0.259 e. The van der Waals surface area contributed by atoms with Crippen molar-refractivity contribution in [1.29, 1.82) is 0 Å². The molecule has 2 heterocycles. The van der Waals surface area contributed by atoms with Crippen molar-refractivity contribution in [3.63, 3.8) is 0 Å². The lowest BCUT2D eigenvalue weighted by atomic mass is 10.0. The molecule has 1 aliphatic heterocycles. The zero-order chi connectivity index (χ0) is 14.8. The van der Waals surface area contributed by atoms with Crippen LogP contribution in [0, 0.1) is 13.8 Å². The number of nitrogens with zero attached hydrogens (tertiary/aromatic N) is 2.